The van der Waals surface area contributed by atoms with Crippen LogP contribution in [-0.2, 0) is 11.3 Å². The molecular formula is C16H22BrNO3. The Kier molecular flexibility index (Phi) is 4.72. The topological polar surface area (TPSA) is 39.7 Å². The third-order valence-corrected chi connectivity index (χ3v) is 4.58. The van der Waals surface area contributed by atoms with Crippen LogP contribution < -0.4 is 14.8 Å². The van der Waals surface area contributed by atoms with Gasteiger partial charge in [0, 0.05) is 26.1 Å². The second kappa shape index (κ2) is 6.55. The van der Waals surface area contributed by atoms with E-state index in [0.717, 1.165) is 54.9 Å². The minimum atomic E-state index is -0.0114. The summed E-state index contributed by atoms with van der Waals surface area (Å²) < 4.78 is 18.2. The molecule has 0 bridgehead atoms. The predicted octanol–water partition coefficient (Wildman–Crippen LogP) is 3.27. The average Bonchev–Trinajstić information content (AvgIpc) is 2.73. The maximum Gasteiger partial charge on any atom is 0.175 e. The van der Waals surface area contributed by atoms with Crippen LogP contribution in [0.2, 0.25) is 0 Å². The van der Waals surface area contributed by atoms with Crippen molar-refractivity contribution < 1.29 is 14.2 Å². The van der Waals surface area contributed by atoms with Gasteiger partial charge in [-0.1, -0.05) is 0 Å². The van der Waals surface area contributed by atoms with Gasteiger partial charge in [0.25, 0.3) is 0 Å². The van der Waals surface area contributed by atoms with E-state index in [1.54, 1.807) is 0 Å². The van der Waals surface area contributed by atoms with Crippen LogP contribution in [0.15, 0.2) is 16.6 Å². The van der Waals surface area contributed by atoms with Crippen molar-refractivity contribution in [1.82, 2.24) is 5.32 Å². The number of halogens is 1. The van der Waals surface area contributed by atoms with Gasteiger partial charge < -0.3 is 19.5 Å². The Bertz CT molecular complexity index is 501. The molecule has 0 saturated carbocycles. The highest BCUT2D eigenvalue weighted by molar-refractivity contribution is 9.10. The van der Waals surface area contributed by atoms with Crippen molar-refractivity contribution in [2.75, 3.05) is 26.4 Å². The number of hydrogen-bond donors (Lipinski definition) is 1. The molecule has 5 heteroatoms. The van der Waals surface area contributed by atoms with E-state index < -0.39 is 0 Å². The van der Waals surface area contributed by atoms with Crippen LogP contribution in [-0.4, -0.2) is 32.0 Å². The fourth-order valence-corrected chi connectivity index (χ4v) is 3.44. The first kappa shape index (κ1) is 15.1. The summed E-state index contributed by atoms with van der Waals surface area (Å²) in [6.07, 6.45) is 3.21. The number of ether oxygens (including phenoxy) is 3. The molecule has 116 valence electrons. The van der Waals surface area contributed by atoms with Crippen LogP contribution in [0.3, 0.4) is 0 Å². The fourth-order valence-electron chi connectivity index (χ4n) is 2.83. The smallest absolute Gasteiger partial charge is 0.175 e. The van der Waals surface area contributed by atoms with Gasteiger partial charge in [0.2, 0.25) is 0 Å². The van der Waals surface area contributed by atoms with E-state index in [9.17, 15) is 0 Å². The quantitative estimate of drug-likeness (QED) is 0.899. The SMILES string of the molecule is CC1(CNCc2cc(Br)c3c(c2)OCCCO3)CCCO1. The molecule has 2 heterocycles. The number of nitrogens with one attached hydrogen (secondary N) is 1. The van der Waals surface area contributed by atoms with Crippen molar-refractivity contribution in [1.29, 1.82) is 0 Å². The summed E-state index contributed by atoms with van der Waals surface area (Å²) in [5.74, 6) is 1.66. The fraction of sp³-hybridized carbons (Fsp3) is 0.625. The van der Waals surface area contributed by atoms with Crippen LogP contribution in [0, 0.1) is 0 Å². The summed E-state index contributed by atoms with van der Waals surface area (Å²) in [5, 5.41) is 3.49. The molecule has 1 aromatic rings. The number of rotatable bonds is 4. The predicted molar refractivity (Wildman–Crippen MR) is 85.0 cm³/mol. The maximum absolute atomic E-state index is 5.79. The van der Waals surface area contributed by atoms with Crippen LogP contribution in [0.1, 0.15) is 31.7 Å². The maximum atomic E-state index is 5.79. The molecule has 1 fully saturated rings. The number of hydrogen-bond acceptors (Lipinski definition) is 4. The van der Waals surface area contributed by atoms with Gasteiger partial charge in [-0.25, -0.2) is 0 Å². The molecule has 3 rings (SSSR count). The first-order valence-corrected chi connectivity index (χ1v) is 8.38. The van der Waals surface area contributed by atoms with Gasteiger partial charge in [-0.2, -0.15) is 0 Å². The van der Waals surface area contributed by atoms with Gasteiger partial charge in [0.15, 0.2) is 11.5 Å². The second-order valence-electron chi connectivity index (χ2n) is 5.96. The lowest BCUT2D eigenvalue weighted by molar-refractivity contribution is 0.0207. The third kappa shape index (κ3) is 3.71. The van der Waals surface area contributed by atoms with E-state index in [4.69, 9.17) is 14.2 Å². The molecule has 4 nitrogen and oxygen atoms in total. The van der Waals surface area contributed by atoms with E-state index in [2.05, 4.69) is 40.3 Å². The molecule has 1 saturated heterocycles. The molecule has 0 radical (unpaired) electrons. The highest BCUT2D eigenvalue weighted by Gasteiger charge is 2.29. The minimum Gasteiger partial charge on any atom is -0.490 e. The molecule has 0 spiro atoms. The van der Waals surface area contributed by atoms with E-state index in [1.807, 2.05) is 0 Å². The summed E-state index contributed by atoms with van der Waals surface area (Å²) in [6, 6.07) is 4.16. The van der Waals surface area contributed by atoms with Crippen LogP contribution >= 0.6 is 15.9 Å². The largest absolute Gasteiger partial charge is 0.490 e. The molecule has 0 aliphatic carbocycles. The molecular weight excluding hydrogens is 334 g/mol. The van der Waals surface area contributed by atoms with Crippen LogP contribution in [0.4, 0.5) is 0 Å². The third-order valence-electron chi connectivity index (χ3n) is 3.99. The zero-order valence-electron chi connectivity index (χ0n) is 12.4. The normalized spacial score (nSPS) is 24.9. The van der Waals surface area contributed by atoms with Gasteiger partial charge in [-0.15, -0.1) is 0 Å². The standard InChI is InChI=1S/C16H22BrNO3/c1-16(4-2-7-21-16)11-18-10-12-8-13(17)15-14(9-12)19-5-3-6-20-15/h8-9,18H,2-7,10-11H2,1H3. The molecule has 1 aromatic carbocycles. The van der Waals surface area contributed by atoms with E-state index in [-0.39, 0.29) is 5.60 Å². The van der Waals surface area contributed by atoms with Gasteiger partial charge in [0.1, 0.15) is 0 Å². The highest BCUT2D eigenvalue weighted by atomic mass is 79.9. The first-order chi connectivity index (χ1) is 10.2. The lowest BCUT2D eigenvalue weighted by Gasteiger charge is -2.23. The highest BCUT2D eigenvalue weighted by Crippen LogP contribution is 2.38. The molecule has 21 heavy (non-hydrogen) atoms. The molecule has 1 atom stereocenters. The average molecular weight is 356 g/mol. The van der Waals surface area contributed by atoms with E-state index in [0.29, 0.717) is 13.2 Å². The molecule has 1 unspecified atom stereocenters. The van der Waals surface area contributed by atoms with Crippen molar-refractivity contribution in [3.05, 3.63) is 22.2 Å². The molecule has 2 aliphatic rings. The summed E-state index contributed by atoms with van der Waals surface area (Å²) in [7, 11) is 0. The summed E-state index contributed by atoms with van der Waals surface area (Å²) in [6.45, 7) is 6.15. The van der Waals surface area contributed by atoms with Crippen molar-refractivity contribution in [2.24, 2.45) is 0 Å². The first-order valence-electron chi connectivity index (χ1n) is 7.59. The van der Waals surface area contributed by atoms with Crippen molar-refractivity contribution >= 4 is 15.9 Å². The zero-order valence-corrected chi connectivity index (χ0v) is 14.0. The van der Waals surface area contributed by atoms with Gasteiger partial charge in [-0.3, -0.25) is 0 Å². The Morgan fingerprint density at radius 2 is 2.05 bits per heavy atom. The van der Waals surface area contributed by atoms with Gasteiger partial charge in [0.05, 0.1) is 23.3 Å². The van der Waals surface area contributed by atoms with Gasteiger partial charge >= 0.3 is 0 Å². The zero-order chi connectivity index (χ0) is 14.7. The summed E-state index contributed by atoms with van der Waals surface area (Å²) in [4.78, 5) is 0. The Labute approximate surface area is 134 Å². The monoisotopic (exact) mass is 355 g/mol. The van der Waals surface area contributed by atoms with Crippen LogP contribution in [0.5, 0.6) is 11.5 Å². The summed E-state index contributed by atoms with van der Waals surface area (Å²) in [5.41, 5.74) is 1.18. The lowest BCUT2D eigenvalue weighted by atomic mass is 10.0. The van der Waals surface area contributed by atoms with Crippen molar-refractivity contribution in [3.63, 3.8) is 0 Å². The molecule has 0 amide bonds. The Morgan fingerprint density at radius 1 is 1.19 bits per heavy atom. The van der Waals surface area contributed by atoms with E-state index in [1.165, 1.54) is 5.56 Å². The Morgan fingerprint density at radius 3 is 2.86 bits per heavy atom. The van der Waals surface area contributed by atoms with Crippen LogP contribution in [0.25, 0.3) is 0 Å². The van der Waals surface area contributed by atoms with Crippen molar-refractivity contribution in [2.45, 2.75) is 38.3 Å². The molecule has 0 aromatic heterocycles. The summed E-state index contributed by atoms with van der Waals surface area (Å²) >= 11 is 3.58. The minimum absolute atomic E-state index is 0.0114. The number of fused-ring (bicyclic) bond motifs is 1. The Hall–Kier alpha value is -0.780. The molecule has 1 N–H and O–H groups in total. The lowest BCUT2D eigenvalue weighted by Crippen LogP contribution is -2.36. The van der Waals surface area contributed by atoms with Gasteiger partial charge in [-0.05, 0) is 53.4 Å². The molecule has 2 aliphatic heterocycles. The van der Waals surface area contributed by atoms with Crippen molar-refractivity contribution in [3.8, 4) is 11.5 Å². The van der Waals surface area contributed by atoms with E-state index >= 15 is 0 Å². The number of benzene rings is 1. The Balaban J connectivity index is 1.63. The second-order valence-corrected chi connectivity index (χ2v) is 6.82.